The molecular formula is C15H24N2O. The van der Waals surface area contributed by atoms with E-state index >= 15 is 0 Å². The molecule has 0 aromatic heterocycles. The molecule has 1 N–H and O–H groups in total. The molecule has 100 valence electrons. The summed E-state index contributed by atoms with van der Waals surface area (Å²) in [5.41, 5.74) is 1.45. The van der Waals surface area contributed by atoms with Crippen molar-refractivity contribution in [2.24, 2.45) is 0 Å². The van der Waals surface area contributed by atoms with Gasteiger partial charge in [0.15, 0.2) is 0 Å². The molecule has 0 amide bonds. The third kappa shape index (κ3) is 3.47. The Morgan fingerprint density at radius 2 is 1.89 bits per heavy atom. The van der Waals surface area contributed by atoms with E-state index in [2.05, 4.69) is 48.6 Å². The second-order valence-corrected chi connectivity index (χ2v) is 5.40. The van der Waals surface area contributed by atoms with Crippen LogP contribution in [-0.2, 0) is 0 Å². The molecule has 2 rings (SSSR count). The van der Waals surface area contributed by atoms with E-state index in [1.165, 1.54) is 18.4 Å². The average molecular weight is 248 g/mol. The minimum atomic E-state index is 0.706. The van der Waals surface area contributed by atoms with Crippen LogP contribution in [0, 0.1) is 0 Å². The quantitative estimate of drug-likeness (QED) is 0.834. The van der Waals surface area contributed by atoms with Crippen molar-refractivity contribution in [3.05, 3.63) is 29.8 Å². The maximum atomic E-state index is 5.18. The van der Waals surface area contributed by atoms with Crippen molar-refractivity contribution in [2.75, 3.05) is 34.3 Å². The first kappa shape index (κ1) is 13.4. The maximum Gasteiger partial charge on any atom is 0.118 e. The number of nitrogens with one attached hydrogen (secondary N) is 1. The second-order valence-electron chi connectivity index (χ2n) is 5.40. The molecule has 1 aliphatic carbocycles. The lowest BCUT2D eigenvalue weighted by molar-refractivity contribution is 0.278. The molecule has 0 unspecified atom stereocenters. The Kier molecular flexibility index (Phi) is 4.61. The molecule has 0 bridgehead atoms. The molecule has 0 spiro atoms. The van der Waals surface area contributed by atoms with E-state index in [1.807, 2.05) is 0 Å². The zero-order chi connectivity index (χ0) is 13.0. The van der Waals surface area contributed by atoms with Crippen LogP contribution in [0.1, 0.15) is 24.3 Å². The number of hydrogen-bond acceptors (Lipinski definition) is 3. The summed E-state index contributed by atoms with van der Waals surface area (Å²) in [6.07, 6.45) is 2.53. The molecule has 1 fully saturated rings. The standard InChI is InChI=1S/C15H24N2O/c1-17(2)9-8-16-14-10-13(11-14)12-4-6-15(18-3)7-5-12/h4-7,13-14,16H,8-11H2,1-3H3. The van der Waals surface area contributed by atoms with Crippen LogP contribution in [0.25, 0.3) is 0 Å². The zero-order valence-electron chi connectivity index (χ0n) is 11.6. The molecular weight excluding hydrogens is 224 g/mol. The topological polar surface area (TPSA) is 24.5 Å². The molecule has 18 heavy (non-hydrogen) atoms. The number of hydrogen-bond donors (Lipinski definition) is 1. The van der Waals surface area contributed by atoms with Gasteiger partial charge in [0, 0.05) is 19.1 Å². The van der Waals surface area contributed by atoms with Gasteiger partial charge in [-0.25, -0.2) is 0 Å². The van der Waals surface area contributed by atoms with Gasteiger partial charge in [-0.3, -0.25) is 0 Å². The van der Waals surface area contributed by atoms with Gasteiger partial charge in [-0.2, -0.15) is 0 Å². The third-order valence-corrected chi connectivity index (χ3v) is 3.72. The van der Waals surface area contributed by atoms with Gasteiger partial charge in [-0.15, -0.1) is 0 Å². The summed E-state index contributed by atoms with van der Waals surface area (Å²) in [5, 5.41) is 3.61. The van der Waals surface area contributed by atoms with Crippen LogP contribution in [0.4, 0.5) is 0 Å². The lowest BCUT2D eigenvalue weighted by atomic mass is 9.76. The minimum absolute atomic E-state index is 0.706. The number of benzene rings is 1. The summed E-state index contributed by atoms with van der Waals surface area (Å²) >= 11 is 0. The predicted molar refractivity (Wildman–Crippen MR) is 75.3 cm³/mol. The third-order valence-electron chi connectivity index (χ3n) is 3.72. The Labute approximate surface area is 110 Å². The summed E-state index contributed by atoms with van der Waals surface area (Å²) < 4.78 is 5.18. The number of ether oxygens (including phenoxy) is 1. The lowest BCUT2D eigenvalue weighted by Crippen LogP contribution is -2.42. The molecule has 0 heterocycles. The predicted octanol–water partition coefficient (Wildman–Crippen LogP) is 2.09. The summed E-state index contributed by atoms with van der Waals surface area (Å²) in [6, 6.07) is 9.21. The van der Waals surface area contributed by atoms with Gasteiger partial charge in [0.1, 0.15) is 5.75 Å². The first-order chi connectivity index (χ1) is 8.69. The number of methoxy groups -OCH3 is 1. The lowest BCUT2D eigenvalue weighted by Gasteiger charge is -2.36. The van der Waals surface area contributed by atoms with E-state index in [4.69, 9.17) is 4.74 Å². The van der Waals surface area contributed by atoms with Crippen LogP contribution in [-0.4, -0.2) is 45.2 Å². The Hall–Kier alpha value is -1.06. The van der Waals surface area contributed by atoms with Gasteiger partial charge >= 0.3 is 0 Å². The van der Waals surface area contributed by atoms with Crippen molar-refractivity contribution in [1.29, 1.82) is 0 Å². The van der Waals surface area contributed by atoms with Gasteiger partial charge < -0.3 is 15.0 Å². The Morgan fingerprint density at radius 1 is 1.22 bits per heavy atom. The van der Waals surface area contributed by atoms with E-state index in [9.17, 15) is 0 Å². The molecule has 0 saturated heterocycles. The van der Waals surface area contributed by atoms with Crippen molar-refractivity contribution in [3.63, 3.8) is 0 Å². The highest BCUT2D eigenvalue weighted by atomic mass is 16.5. The molecule has 0 aliphatic heterocycles. The molecule has 3 nitrogen and oxygen atoms in total. The fourth-order valence-electron chi connectivity index (χ4n) is 2.43. The normalized spacial score (nSPS) is 22.9. The molecule has 1 aliphatic rings. The van der Waals surface area contributed by atoms with Crippen molar-refractivity contribution >= 4 is 0 Å². The van der Waals surface area contributed by atoms with Gasteiger partial charge in [0.05, 0.1) is 7.11 Å². The van der Waals surface area contributed by atoms with Crippen LogP contribution in [0.15, 0.2) is 24.3 Å². The number of rotatable bonds is 6. The van der Waals surface area contributed by atoms with Gasteiger partial charge in [-0.1, -0.05) is 12.1 Å². The number of likely N-dealkylation sites (N-methyl/N-ethyl adjacent to an activating group) is 1. The van der Waals surface area contributed by atoms with E-state index in [0.29, 0.717) is 6.04 Å². The van der Waals surface area contributed by atoms with Crippen molar-refractivity contribution in [3.8, 4) is 5.75 Å². The Bertz CT molecular complexity index is 355. The largest absolute Gasteiger partial charge is 0.497 e. The maximum absolute atomic E-state index is 5.18. The van der Waals surface area contributed by atoms with Crippen LogP contribution in [0.5, 0.6) is 5.75 Å². The second kappa shape index (κ2) is 6.21. The van der Waals surface area contributed by atoms with Crippen molar-refractivity contribution in [2.45, 2.75) is 24.8 Å². The summed E-state index contributed by atoms with van der Waals surface area (Å²) in [6.45, 7) is 2.21. The molecule has 1 aromatic rings. The SMILES string of the molecule is COc1ccc(C2CC(NCCN(C)C)C2)cc1. The molecule has 1 saturated carbocycles. The fourth-order valence-corrected chi connectivity index (χ4v) is 2.43. The van der Waals surface area contributed by atoms with E-state index < -0.39 is 0 Å². The first-order valence-electron chi connectivity index (χ1n) is 6.71. The molecule has 1 aromatic carbocycles. The van der Waals surface area contributed by atoms with Crippen LogP contribution in [0.3, 0.4) is 0 Å². The monoisotopic (exact) mass is 248 g/mol. The van der Waals surface area contributed by atoms with Crippen molar-refractivity contribution in [1.82, 2.24) is 10.2 Å². The van der Waals surface area contributed by atoms with E-state index in [1.54, 1.807) is 7.11 Å². The smallest absolute Gasteiger partial charge is 0.118 e. The average Bonchev–Trinajstić information content (AvgIpc) is 2.32. The van der Waals surface area contributed by atoms with Gasteiger partial charge in [0.2, 0.25) is 0 Å². The van der Waals surface area contributed by atoms with Crippen LogP contribution >= 0.6 is 0 Å². The van der Waals surface area contributed by atoms with E-state index in [0.717, 1.165) is 24.8 Å². The minimum Gasteiger partial charge on any atom is -0.497 e. The van der Waals surface area contributed by atoms with Crippen LogP contribution in [0.2, 0.25) is 0 Å². The fraction of sp³-hybridized carbons (Fsp3) is 0.600. The van der Waals surface area contributed by atoms with Crippen LogP contribution < -0.4 is 10.1 Å². The number of nitrogens with zero attached hydrogens (tertiary/aromatic N) is 1. The van der Waals surface area contributed by atoms with E-state index in [-0.39, 0.29) is 0 Å². The summed E-state index contributed by atoms with van der Waals surface area (Å²) in [7, 11) is 5.94. The molecule has 0 atom stereocenters. The Balaban J connectivity index is 1.71. The van der Waals surface area contributed by atoms with Crippen molar-refractivity contribution < 1.29 is 4.74 Å². The highest BCUT2D eigenvalue weighted by Gasteiger charge is 2.29. The molecule has 0 radical (unpaired) electrons. The summed E-state index contributed by atoms with van der Waals surface area (Å²) in [5.74, 6) is 1.67. The highest BCUT2D eigenvalue weighted by molar-refractivity contribution is 5.30. The molecule has 3 heteroatoms. The van der Waals surface area contributed by atoms with Gasteiger partial charge in [0.25, 0.3) is 0 Å². The van der Waals surface area contributed by atoms with Gasteiger partial charge in [-0.05, 0) is 50.6 Å². The zero-order valence-corrected chi connectivity index (χ0v) is 11.6. The highest BCUT2D eigenvalue weighted by Crippen LogP contribution is 2.37. The summed E-state index contributed by atoms with van der Waals surface area (Å²) in [4.78, 5) is 2.21. The Morgan fingerprint density at radius 3 is 2.44 bits per heavy atom. The first-order valence-corrected chi connectivity index (χ1v) is 6.71.